The van der Waals surface area contributed by atoms with E-state index in [0.717, 1.165) is 12.8 Å². The number of aliphatic imine (C=N–C) groups is 1. The van der Waals surface area contributed by atoms with Crippen molar-refractivity contribution < 1.29 is 4.74 Å². The summed E-state index contributed by atoms with van der Waals surface area (Å²) in [6.07, 6.45) is 3.44. The Morgan fingerprint density at radius 2 is 2.32 bits per heavy atom. The molecule has 0 radical (unpaired) electrons. The van der Waals surface area contributed by atoms with Gasteiger partial charge in [0.25, 0.3) is 0 Å². The second kappa shape index (κ2) is 7.11. The van der Waals surface area contributed by atoms with E-state index in [0.29, 0.717) is 19.1 Å². The number of hydrogen-bond acceptors (Lipinski definition) is 3. The number of rotatable bonds is 4. The minimum absolute atomic E-state index is 0.280. The van der Waals surface area contributed by atoms with Crippen LogP contribution in [0.5, 0.6) is 0 Å². The predicted octanol–water partition coefficient (Wildman–Crippen LogP) is 1.12. The molecule has 1 atom stereocenters. The summed E-state index contributed by atoms with van der Waals surface area (Å²) in [4.78, 5) is 4.34. The van der Waals surface area contributed by atoms with Crippen molar-refractivity contribution in [2.45, 2.75) is 25.3 Å². The molecule has 1 aliphatic carbocycles. The minimum atomic E-state index is 0.280. The third-order valence-corrected chi connectivity index (χ3v) is 3.38. The number of fused-ring (bicyclic) bond motifs is 1. The lowest BCUT2D eigenvalue weighted by molar-refractivity contribution is 0.208. The highest BCUT2D eigenvalue weighted by Crippen LogP contribution is 2.29. The molecule has 0 amide bonds. The van der Waals surface area contributed by atoms with E-state index < -0.39 is 0 Å². The molecule has 2 rings (SSSR count). The molecule has 0 heterocycles. The molecule has 0 bridgehead atoms. The molecule has 1 aromatic carbocycles. The van der Waals surface area contributed by atoms with Gasteiger partial charge in [-0.15, -0.1) is 0 Å². The molecule has 19 heavy (non-hydrogen) atoms. The van der Waals surface area contributed by atoms with Crippen molar-refractivity contribution in [3.63, 3.8) is 0 Å². The van der Waals surface area contributed by atoms with Gasteiger partial charge in [0.15, 0.2) is 0 Å². The average Bonchev–Trinajstić information content (AvgIpc) is 2.46. The Balaban J connectivity index is 2.04. The number of benzene rings is 1. The van der Waals surface area contributed by atoms with E-state index in [1.54, 1.807) is 7.11 Å². The molecule has 1 aromatic rings. The van der Waals surface area contributed by atoms with E-state index in [1.807, 2.05) is 0 Å². The Labute approximate surface area is 114 Å². The van der Waals surface area contributed by atoms with Crippen LogP contribution in [0.4, 0.5) is 0 Å². The summed E-state index contributed by atoms with van der Waals surface area (Å²) in [6.45, 7) is 1.19. The number of nitrogens with two attached hydrogens (primary N) is 1. The molecule has 4 N–H and O–H groups in total. The summed E-state index contributed by atoms with van der Waals surface area (Å²) >= 11 is 0. The average molecular weight is 262 g/mol. The zero-order valence-electron chi connectivity index (χ0n) is 11.4. The largest absolute Gasteiger partial charge is 0.383 e. The van der Waals surface area contributed by atoms with E-state index in [4.69, 9.17) is 10.6 Å². The lowest BCUT2D eigenvalue weighted by atomic mass is 9.88. The maximum atomic E-state index is 5.51. The standard InChI is InChI=1S/C14H22N4O/c1-19-10-9-16-14(18-15)17-13-8-4-6-11-5-2-3-7-12(11)13/h2-3,5,7,13H,4,6,8-10,15H2,1H3,(H2,16,17,18). The van der Waals surface area contributed by atoms with Crippen molar-refractivity contribution in [2.75, 3.05) is 20.3 Å². The summed E-state index contributed by atoms with van der Waals surface area (Å²) in [7, 11) is 1.66. The van der Waals surface area contributed by atoms with Crippen LogP contribution in [0.1, 0.15) is 30.0 Å². The maximum Gasteiger partial charge on any atom is 0.206 e. The van der Waals surface area contributed by atoms with Crippen molar-refractivity contribution in [1.29, 1.82) is 0 Å². The lowest BCUT2D eigenvalue weighted by Crippen LogP contribution is -2.44. The highest BCUT2D eigenvalue weighted by molar-refractivity contribution is 5.79. The maximum absolute atomic E-state index is 5.51. The second-order valence-corrected chi connectivity index (χ2v) is 4.66. The van der Waals surface area contributed by atoms with Gasteiger partial charge in [-0.2, -0.15) is 0 Å². The fourth-order valence-electron chi connectivity index (χ4n) is 2.45. The zero-order chi connectivity index (χ0) is 13.5. The molecule has 1 unspecified atom stereocenters. The van der Waals surface area contributed by atoms with E-state index in [9.17, 15) is 0 Å². The Morgan fingerprint density at radius 3 is 3.11 bits per heavy atom. The molecular formula is C14H22N4O. The Hall–Kier alpha value is -1.59. The Morgan fingerprint density at radius 1 is 1.47 bits per heavy atom. The van der Waals surface area contributed by atoms with E-state index in [2.05, 4.69) is 40.0 Å². The van der Waals surface area contributed by atoms with Gasteiger partial charge in [0, 0.05) is 7.11 Å². The number of aryl methyl sites for hydroxylation is 1. The van der Waals surface area contributed by atoms with Crippen molar-refractivity contribution >= 4 is 5.96 Å². The number of nitrogens with one attached hydrogen (secondary N) is 2. The Bertz CT molecular complexity index is 433. The summed E-state index contributed by atoms with van der Waals surface area (Å²) < 4.78 is 4.98. The molecule has 0 aromatic heterocycles. The van der Waals surface area contributed by atoms with Gasteiger partial charge in [-0.3, -0.25) is 5.43 Å². The van der Waals surface area contributed by atoms with E-state index >= 15 is 0 Å². The van der Waals surface area contributed by atoms with Crippen LogP contribution in [-0.2, 0) is 11.2 Å². The molecule has 104 valence electrons. The molecule has 0 aliphatic heterocycles. The molecule has 0 fully saturated rings. The van der Waals surface area contributed by atoms with Crippen LogP contribution in [0.2, 0.25) is 0 Å². The summed E-state index contributed by atoms with van der Waals surface area (Å²) in [5.74, 6) is 6.13. The van der Waals surface area contributed by atoms with Gasteiger partial charge >= 0.3 is 0 Å². The highest BCUT2D eigenvalue weighted by atomic mass is 16.5. The van der Waals surface area contributed by atoms with Gasteiger partial charge in [-0.1, -0.05) is 24.3 Å². The normalized spacial score (nSPS) is 18.8. The van der Waals surface area contributed by atoms with Gasteiger partial charge in [-0.05, 0) is 30.4 Å². The van der Waals surface area contributed by atoms with Crippen LogP contribution >= 0.6 is 0 Å². The van der Waals surface area contributed by atoms with Crippen LogP contribution in [0, 0.1) is 0 Å². The molecular weight excluding hydrogens is 240 g/mol. The van der Waals surface area contributed by atoms with Crippen molar-refractivity contribution in [2.24, 2.45) is 10.8 Å². The van der Waals surface area contributed by atoms with Crippen molar-refractivity contribution in [3.05, 3.63) is 35.4 Å². The number of methoxy groups -OCH3 is 1. The van der Waals surface area contributed by atoms with Crippen LogP contribution in [0.25, 0.3) is 0 Å². The summed E-state index contributed by atoms with van der Waals surface area (Å²) in [5.41, 5.74) is 5.39. The van der Waals surface area contributed by atoms with Crippen LogP contribution in [0.3, 0.4) is 0 Å². The highest BCUT2D eigenvalue weighted by Gasteiger charge is 2.20. The molecule has 5 nitrogen and oxygen atoms in total. The molecule has 0 spiro atoms. The molecule has 1 aliphatic rings. The number of ether oxygens (including phenoxy) is 1. The molecule has 0 saturated heterocycles. The van der Waals surface area contributed by atoms with Gasteiger partial charge in [0.05, 0.1) is 19.2 Å². The monoisotopic (exact) mass is 262 g/mol. The third-order valence-electron chi connectivity index (χ3n) is 3.38. The first-order valence-corrected chi connectivity index (χ1v) is 6.69. The first-order chi connectivity index (χ1) is 9.35. The van der Waals surface area contributed by atoms with Crippen molar-refractivity contribution in [3.8, 4) is 0 Å². The number of nitrogens with zero attached hydrogens (tertiary/aromatic N) is 1. The van der Waals surface area contributed by atoms with Gasteiger partial charge in [0.2, 0.25) is 5.96 Å². The SMILES string of the molecule is COCCN=C(NN)NC1CCCc2ccccc21. The van der Waals surface area contributed by atoms with E-state index in [-0.39, 0.29) is 6.04 Å². The predicted molar refractivity (Wildman–Crippen MR) is 76.8 cm³/mol. The van der Waals surface area contributed by atoms with Crippen LogP contribution in [-0.4, -0.2) is 26.2 Å². The Kier molecular flexibility index (Phi) is 5.18. The first-order valence-electron chi connectivity index (χ1n) is 6.69. The summed E-state index contributed by atoms with van der Waals surface area (Å²) in [5, 5.41) is 3.38. The first kappa shape index (κ1) is 13.8. The van der Waals surface area contributed by atoms with E-state index in [1.165, 1.54) is 17.5 Å². The number of hydrogen-bond donors (Lipinski definition) is 3. The summed E-state index contributed by atoms with van der Waals surface area (Å²) in [6, 6.07) is 8.82. The smallest absolute Gasteiger partial charge is 0.206 e. The fourth-order valence-corrected chi connectivity index (χ4v) is 2.45. The fraction of sp³-hybridized carbons (Fsp3) is 0.500. The topological polar surface area (TPSA) is 71.7 Å². The van der Waals surface area contributed by atoms with Gasteiger partial charge in [0.1, 0.15) is 0 Å². The quantitative estimate of drug-likeness (QED) is 0.250. The van der Waals surface area contributed by atoms with Crippen LogP contribution in [0.15, 0.2) is 29.3 Å². The molecule has 5 heteroatoms. The zero-order valence-corrected chi connectivity index (χ0v) is 11.4. The number of hydrazine groups is 1. The third kappa shape index (κ3) is 3.68. The van der Waals surface area contributed by atoms with Gasteiger partial charge in [-0.25, -0.2) is 10.8 Å². The van der Waals surface area contributed by atoms with Crippen molar-refractivity contribution in [1.82, 2.24) is 10.7 Å². The van der Waals surface area contributed by atoms with Crippen LogP contribution < -0.4 is 16.6 Å². The number of guanidine groups is 1. The molecule has 0 saturated carbocycles. The lowest BCUT2D eigenvalue weighted by Gasteiger charge is -2.27. The minimum Gasteiger partial charge on any atom is -0.383 e. The second-order valence-electron chi connectivity index (χ2n) is 4.66. The van der Waals surface area contributed by atoms with Gasteiger partial charge < -0.3 is 10.1 Å².